The first-order valence-electron chi connectivity index (χ1n) is 4.15. The molecule has 0 aromatic carbocycles. The van der Waals surface area contributed by atoms with E-state index in [9.17, 15) is 13.2 Å². The zero-order chi connectivity index (χ0) is 11.2. The Kier molecular flexibility index (Phi) is 6.06. The van der Waals surface area contributed by atoms with Gasteiger partial charge in [-0.15, -0.1) is 11.6 Å². The van der Waals surface area contributed by atoms with E-state index in [1.165, 1.54) is 6.92 Å². The monoisotopic (exact) mass is 243 g/mol. The second-order valence-electron chi connectivity index (χ2n) is 2.60. The largest absolute Gasteiger partial charge is 0.465 e. The number of nitrogens with one attached hydrogen (secondary N) is 1. The van der Waals surface area contributed by atoms with Crippen LogP contribution in [0.3, 0.4) is 0 Å². The average Bonchev–Trinajstić information content (AvgIpc) is 2.03. The van der Waals surface area contributed by atoms with Crippen molar-refractivity contribution in [2.24, 2.45) is 0 Å². The summed E-state index contributed by atoms with van der Waals surface area (Å²) in [6.45, 7) is 3.29. The molecule has 0 aromatic rings. The van der Waals surface area contributed by atoms with Crippen molar-refractivity contribution < 1.29 is 17.9 Å². The van der Waals surface area contributed by atoms with Gasteiger partial charge in [-0.3, -0.25) is 4.79 Å². The van der Waals surface area contributed by atoms with E-state index in [4.69, 9.17) is 11.6 Å². The molecule has 0 amide bonds. The molecule has 1 atom stereocenters. The molecule has 1 unspecified atom stereocenters. The summed E-state index contributed by atoms with van der Waals surface area (Å²) < 4.78 is 29.1. The molecule has 0 saturated carbocycles. The van der Waals surface area contributed by atoms with Gasteiger partial charge in [-0.25, -0.2) is 13.1 Å². The molecule has 0 aliphatic heterocycles. The third-order valence-corrected chi connectivity index (χ3v) is 3.21. The Balaban J connectivity index is 4.17. The summed E-state index contributed by atoms with van der Waals surface area (Å²) in [6.07, 6.45) is 0. The van der Waals surface area contributed by atoms with Gasteiger partial charge in [0.25, 0.3) is 0 Å². The zero-order valence-electron chi connectivity index (χ0n) is 8.12. The maximum Gasteiger partial charge on any atom is 0.323 e. The van der Waals surface area contributed by atoms with Crippen molar-refractivity contribution in [3.05, 3.63) is 0 Å². The van der Waals surface area contributed by atoms with Crippen LogP contribution < -0.4 is 4.72 Å². The number of hydrogen-bond acceptors (Lipinski definition) is 4. The Labute approximate surface area is 88.8 Å². The van der Waals surface area contributed by atoms with Gasteiger partial charge in [-0.2, -0.15) is 0 Å². The Morgan fingerprint density at radius 3 is 2.57 bits per heavy atom. The van der Waals surface area contributed by atoms with E-state index < -0.39 is 22.0 Å². The quantitative estimate of drug-likeness (QED) is 0.530. The molecule has 0 saturated heterocycles. The summed E-state index contributed by atoms with van der Waals surface area (Å²) in [4.78, 5) is 11.0. The van der Waals surface area contributed by atoms with Crippen molar-refractivity contribution in [2.45, 2.75) is 19.9 Å². The standard InChI is InChI=1S/C7H14ClNO4S/c1-3-13-7(10)6(2)9-14(11,12)5-4-8/h6,9H,3-5H2,1-2H3. The highest BCUT2D eigenvalue weighted by Gasteiger charge is 2.20. The summed E-state index contributed by atoms with van der Waals surface area (Å²) in [5, 5.41) is 0. The Bertz CT molecular complexity index is 277. The number of carbonyl (C=O) groups excluding carboxylic acids is 1. The van der Waals surface area contributed by atoms with Crippen LogP contribution in [0.4, 0.5) is 0 Å². The van der Waals surface area contributed by atoms with Crippen molar-refractivity contribution >= 4 is 27.6 Å². The Hall–Kier alpha value is -0.330. The van der Waals surface area contributed by atoms with Crippen molar-refractivity contribution in [1.29, 1.82) is 0 Å². The van der Waals surface area contributed by atoms with Crippen LogP contribution in [-0.4, -0.2) is 38.7 Å². The Morgan fingerprint density at radius 1 is 1.57 bits per heavy atom. The van der Waals surface area contributed by atoms with Crippen molar-refractivity contribution in [2.75, 3.05) is 18.2 Å². The molecule has 0 aliphatic carbocycles. The fourth-order valence-corrected chi connectivity index (χ4v) is 2.31. The lowest BCUT2D eigenvalue weighted by atomic mass is 10.4. The first-order valence-corrected chi connectivity index (χ1v) is 6.34. The van der Waals surface area contributed by atoms with Crippen molar-refractivity contribution in [1.82, 2.24) is 4.72 Å². The van der Waals surface area contributed by atoms with E-state index in [0.29, 0.717) is 0 Å². The normalized spacial score (nSPS) is 13.6. The van der Waals surface area contributed by atoms with Crippen molar-refractivity contribution in [3.63, 3.8) is 0 Å². The number of sulfonamides is 1. The van der Waals surface area contributed by atoms with Gasteiger partial charge in [0.1, 0.15) is 6.04 Å². The minimum Gasteiger partial charge on any atom is -0.465 e. The molecule has 0 fully saturated rings. The summed E-state index contributed by atoms with van der Waals surface area (Å²) >= 11 is 5.27. The molecule has 14 heavy (non-hydrogen) atoms. The highest BCUT2D eigenvalue weighted by atomic mass is 35.5. The zero-order valence-corrected chi connectivity index (χ0v) is 9.69. The molecule has 84 valence electrons. The summed E-state index contributed by atoms with van der Waals surface area (Å²) in [6, 6.07) is -0.872. The first-order chi connectivity index (χ1) is 6.43. The summed E-state index contributed by atoms with van der Waals surface area (Å²) in [5.41, 5.74) is 0. The fraction of sp³-hybridized carbons (Fsp3) is 0.857. The smallest absolute Gasteiger partial charge is 0.323 e. The maximum atomic E-state index is 11.1. The molecule has 0 rings (SSSR count). The lowest BCUT2D eigenvalue weighted by Crippen LogP contribution is -2.40. The Morgan fingerprint density at radius 2 is 2.14 bits per heavy atom. The molecule has 1 N–H and O–H groups in total. The van der Waals surface area contributed by atoms with Gasteiger partial charge in [0, 0.05) is 5.88 Å². The number of rotatable bonds is 6. The van der Waals surface area contributed by atoms with Crippen LogP contribution in [0.25, 0.3) is 0 Å². The predicted octanol–water partition coefficient (Wildman–Crippen LogP) is 0.0962. The number of esters is 1. The van der Waals surface area contributed by atoms with Gasteiger partial charge in [0.2, 0.25) is 10.0 Å². The van der Waals surface area contributed by atoms with Crippen LogP contribution in [0.5, 0.6) is 0 Å². The molecule has 7 heteroatoms. The maximum absolute atomic E-state index is 11.1. The number of halogens is 1. The molecule has 0 aromatic heterocycles. The molecular formula is C7H14ClNO4S. The van der Waals surface area contributed by atoms with Gasteiger partial charge in [-0.1, -0.05) is 0 Å². The van der Waals surface area contributed by atoms with Gasteiger partial charge < -0.3 is 4.74 Å². The van der Waals surface area contributed by atoms with E-state index in [1.54, 1.807) is 6.92 Å². The minimum absolute atomic E-state index is 0.00905. The highest BCUT2D eigenvalue weighted by Crippen LogP contribution is 1.94. The third kappa shape index (κ3) is 5.41. The van der Waals surface area contributed by atoms with Crippen LogP contribution >= 0.6 is 11.6 Å². The van der Waals surface area contributed by atoms with Crippen LogP contribution in [0.2, 0.25) is 0 Å². The van der Waals surface area contributed by atoms with Gasteiger partial charge in [0.15, 0.2) is 0 Å². The minimum atomic E-state index is -3.48. The molecule has 0 aliphatic rings. The van der Waals surface area contributed by atoms with E-state index in [0.717, 1.165) is 0 Å². The number of ether oxygens (including phenoxy) is 1. The second kappa shape index (κ2) is 6.21. The van der Waals surface area contributed by atoms with E-state index in [-0.39, 0.29) is 18.2 Å². The SMILES string of the molecule is CCOC(=O)C(C)NS(=O)(=O)CCCl. The average molecular weight is 244 g/mol. The topological polar surface area (TPSA) is 72.5 Å². The van der Waals surface area contributed by atoms with E-state index in [2.05, 4.69) is 9.46 Å². The second-order valence-corrected chi connectivity index (χ2v) is 4.85. The highest BCUT2D eigenvalue weighted by molar-refractivity contribution is 7.89. The molecule has 0 bridgehead atoms. The van der Waals surface area contributed by atoms with Crippen LogP contribution in [0.15, 0.2) is 0 Å². The predicted molar refractivity (Wildman–Crippen MR) is 53.7 cm³/mol. The fourth-order valence-electron chi connectivity index (χ4n) is 0.745. The molecular weight excluding hydrogens is 230 g/mol. The van der Waals surface area contributed by atoms with Crippen molar-refractivity contribution in [3.8, 4) is 0 Å². The van der Waals surface area contributed by atoms with Gasteiger partial charge in [0.05, 0.1) is 12.4 Å². The van der Waals surface area contributed by atoms with Crippen LogP contribution in [0, 0.1) is 0 Å². The van der Waals surface area contributed by atoms with Gasteiger partial charge >= 0.3 is 5.97 Å². The third-order valence-electron chi connectivity index (χ3n) is 1.34. The summed E-state index contributed by atoms with van der Waals surface area (Å²) in [7, 11) is -3.48. The lowest BCUT2D eigenvalue weighted by molar-refractivity contribution is -0.144. The van der Waals surface area contributed by atoms with Gasteiger partial charge in [-0.05, 0) is 13.8 Å². The molecule has 5 nitrogen and oxygen atoms in total. The summed E-state index contributed by atoms with van der Waals surface area (Å²) in [5.74, 6) is -0.811. The number of alkyl halides is 1. The molecule has 0 radical (unpaired) electrons. The van der Waals surface area contributed by atoms with E-state index >= 15 is 0 Å². The van der Waals surface area contributed by atoms with E-state index in [1.807, 2.05) is 0 Å². The number of hydrogen-bond donors (Lipinski definition) is 1. The molecule has 0 spiro atoms. The molecule has 0 heterocycles. The van der Waals surface area contributed by atoms with Crippen LogP contribution in [0.1, 0.15) is 13.8 Å². The first kappa shape index (κ1) is 13.7. The number of carbonyl (C=O) groups is 1. The lowest BCUT2D eigenvalue weighted by Gasteiger charge is -2.11. The van der Waals surface area contributed by atoms with Crippen LogP contribution in [-0.2, 0) is 19.6 Å².